The topological polar surface area (TPSA) is 167 Å². The van der Waals surface area contributed by atoms with Crippen LogP contribution in [0.4, 0.5) is 0 Å². The first kappa shape index (κ1) is 47.5. The van der Waals surface area contributed by atoms with Gasteiger partial charge in [-0.2, -0.15) is 0 Å². The van der Waals surface area contributed by atoms with Gasteiger partial charge in [-0.15, -0.1) is 11.8 Å². The monoisotopic (exact) mass is 813 g/mol. The van der Waals surface area contributed by atoms with E-state index in [0.717, 1.165) is 10.6 Å². The number of hydrogen-bond acceptors (Lipinski definition) is 10. The molecule has 10 atom stereocenters. The van der Waals surface area contributed by atoms with E-state index in [0.29, 0.717) is 36.3 Å². The first-order chi connectivity index (χ1) is 26.6. The third kappa shape index (κ3) is 12.8. The van der Waals surface area contributed by atoms with Crippen LogP contribution < -0.4 is 15.4 Å². The van der Waals surface area contributed by atoms with E-state index >= 15 is 0 Å². The van der Waals surface area contributed by atoms with Crippen molar-refractivity contribution in [2.45, 2.75) is 137 Å². The molecule has 2 aliphatic heterocycles. The second kappa shape index (κ2) is 20.7. The van der Waals surface area contributed by atoms with Crippen LogP contribution in [0.15, 0.2) is 40.9 Å². The number of ether oxygens (including phenoxy) is 2. The standard InChI is InChI=1S/C43H67N5O8S/c1-14-25(3)36-41(53)48(12)29(7)42(54)56-35(43(8,9)10)20-24(2)19-34(49)27(5)39-44-31(23-57-39)21-26(4)37(50)45-33(22-30-15-17-32(55-13)18-16-30)40(52)47(11)28(6)38(51)46-36/h15-18,21,24-25,27-29,31,33-36,49H,14,19-20,22-23H2,1-13H3,(H,45,50)(H,46,51)/b26-21+/t24-,25-,27-,28-,29-,31-,33-,34-,35-,36-/m0/s1. The lowest BCUT2D eigenvalue weighted by Crippen LogP contribution is -2.59. The summed E-state index contributed by atoms with van der Waals surface area (Å²) >= 11 is 1.55. The first-order valence-corrected chi connectivity index (χ1v) is 21.1. The first-order valence-electron chi connectivity index (χ1n) is 20.1. The SMILES string of the molecule is CC[C@H](C)[C@@H]1NC(=O)[C@H](C)N(C)C(=O)[C@H](Cc2ccc(OC)cc2)NC(=O)/C(C)=C/[C@H]2CSC(=N2)[C@@H](C)[C@@H](O)C[C@H](C)C[C@@H](C(C)(C)C)OC(=O)[C@H](C)N(C)C1=O. The van der Waals surface area contributed by atoms with Gasteiger partial charge >= 0.3 is 5.97 Å². The summed E-state index contributed by atoms with van der Waals surface area (Å²) in [7, 11) is 4.57. The molecule has 14 heteroatoms. The molecule has 2 heterocycles. The molecule has 2 aliphatic rings. The predicted octanol–water partition coefficient (Wildman–Crippen LogP) is 4.79. The number of aliphatic hydroxyl groups excluding tert-OH is 1. The largest absolute Gasteiger partial charge is 0.497 e. The van der Waals surface area contributed by atoms with Crippen molar-refractivity contribution in [3.63, 3.8) is 0 Å². The molecule has 13 nitrogen and oxygen atoms in total. The Labute approximate surface area is 344 Å². The number of benzene rings is 1. The number of nitrogens with one attached hydrogen (secondary N) is 2. The minimum atomic E-state index is -1.04. The molecule has 0 radical (unpaired) electrons. The maximum Gasteiger partial charge on any atom is 0.328 e. The van der Waals surface area contributed by atoms with Crippen molar-refractivity contribution < 1.29 is 38.6 Å². The number of thioether (sulfide) groups is 1. The normalized spacial score (nSPS) is 31.2. The lowest BCUT2D eigenvalue weighted by molar-refractivity contribution is -0.164. The van der Waals surface area contributed by atoms with Crippen LogP contribution >= 0.6 is 11.8 Å². The maximum atomic E-state index is 14.2. The van der Waals surface area contributed by atoms with Gasteiger partial charge in [0.25, 0.3) is 0 Å². The van der Waals surface area contributed by atoms with E-state index in [4.69, 9.17) is 14.5 Å². The molecule has 57 heavy (non-hydrogen) atoms. The number of carbonyl (C=O) groups is 5. The highest BCUT2D eigenvalue weighted by atomic mass is 32.2. The van der Waals surface area contributed by atoms with Crippen molar-refractivity contribution in [2.24, 2.45) is 28.2 Å². The molecule has 2 bridgehead atoms. The summed E-state index contributed by atoms with van der Waals surface area (Å²) in [6.45, 7) is 18.5. The number of aliphatic hydroxyl groups is 1. The van der Waals surface area contributed by atoms with Gasteiger partial charge < -0.3 is 35.0 Å². The van der Waals surface area contributed by atoms with Gasteiger partial charge in [0, 0.05) is 37.8 Å². The number of aliphatic imine (C=N–C) groups is 1. The molecule has 4 amide bonds. The molecular formula is C43H67N5O8S. The zero-order valence-electron chi connectivity index (χ0n) is 36.3. The zero-order chi connectivity index (χ0) is 42.9. The Morgan fingerprint density at radius 2 is 1.58 bits per heavy atom. The quantitative estimate of drug-likeness (QED) is 0.355. The van der Waals surface area contributed by atoms with Crippen molar-refractivity contribution in [1.82, 2.24) is 20.4 Å². The highest BCUT2D eigenvalue weighted by Crippen LogP contribution is 2.33. The summed E-state index contributed by atoms with van der Waals surface area (Å²) in [5.74, 6) is -1.88. The number of hydrogen-bond donors (Lipinski definition) is 3. The molecule has 3 rings (SSSR count). The van der Waals surface area contributed by atoms with Crippen LogP contribution in [0.25, 0.3) is 0 Å². The highest BCUT2D eigenvalue weighted by Gasteiger charge is 2.39. The number of esters is 1. The average Bonchev–Trinajstić information content (AvgIpc) is 3.64. The molecule has 3 N–H and O–H groups in total. The van der Waals surface area contributed by atoms with E-state index in [9.17, 15) is 29.1 Å². The number of likely N-dealkylation sites (N-methyl/N-ethyl adjacent to an activating group) is 2. The van der Waals surface area contributed by atoms with E-state index < -0.39 is 71.4 Å². The van der Waals surface area contributed by atoms with E-state index in [2.05, 4.69) is 10.6 Å². The van der Waals surface area contributed by atoms with Gasteiger partial charge in [-0.3, -0.25) is 24.2 Å². The fraction of sp³-hybridized carbons (Fsp3) is 0.674. The van der Waals surface area contributed by atoms with Gasteiger partial charge in [-0.25, -0.2) is 4.79 Å². The molecule has 0 saturated carbocycles. The summed E-state index contributed by atoms with van der Waals surface area (Å²) in [5.41, 5.74) is 0.720. The predicted molar refractivity (Wildman–Crippen MR) is 225 cm³/mol. The summed E-state index contributed by atoms with van der Waals surface area (Å²) in [5, 5.41) is 17.9. The molecule has 1 aromatic rings. The fourth-order valence-corrected chi connectivity index (χ4v) is 7.92. The van der Waals surface area contributed by atoms with E-state index in [-0.39, 0.29) is 30.2 Å². The zero-order valence-corrected chi connectivity index (χ0v) is 37.1. The summed E-state index contributed by atoms with van der Waals surface area (Å²) in [6, 6.07) is 2.83. The maximum absolute atomic E-state index is 14.2. The molecular weight excluding hydrogens is 747 g/mol. The number of rotatable bonds is 5. The van der Waals surface area contributed by atoms with E-state index in [1.807, 2.05) is 60.6 Å². The number of cyclic esters (lactones) is 1. The Bertz CT molecular complexity index is 1640. The lowest BCUT2D eigenvalue weighted by atomic mass is 9.81. The van der Waals surface area contributed by atoms with Crippen molar-refractivity contribution in [3.05, 3.63) is 41.5 Å². The number of methoxy groups -OCH3 is 1. The molecule has 318 valence electrons. The Kier molecular flexibility index (Phi) is 17.2. The van der Waals surface area contributed by atoms with Crippen LogP contribution in [-0.2, 0) is 35.1 Å². The van der Waals surface area contributed by atoms with Gasteiger partial charge in [-0.05, 0) is 68.6 Å². The molecule has 0 aromatic heterocycles. The minimum absolute atomic E-state index is 0.0176. The Balaban J connectivity index is 2.05. The number of nitrogens with zero attached hydrogens (tertiary/aromatic N) is 3. The average molecular weight is 814 g/mol. The minimum Gasteiger partial charge on any atom is -0.497 e. The number of carbonyl (C=O) groups excluding carboxylic acids is 5. The molecule has 1 aromatic carbocycles. The van der Waals surface area contributed by atoms with Crippen LogP contribution in [0.3, 0.4) is 0 Å². The Morgan fingerprint density at radius 1 is 0.965 bits per heavy atom. The van der Waals surface area contributed by atoms with Crippen LogP contribution in [0.2, 0.25) is 0 Å². The Hall–Kier alpha value is -3.91. The summed E-state index contributed by atoms with van der Waals surface area (Å²) < 4.78 is 11.4. The van der Waals surface area contributed by atoms with Crippen LogP contribution in [0.1, 0.15) is 94.1 Å². The highest BCUT2D eigenvalue weighted by molar-refractivity contribution is 8.14. The van der Waals surface area contributed by atoms with Crippen LogP contribution in [-0.4, -0.2) is 119 Å². The molecule has 0 aliphatic carbocycles. The van der Waals surface area contributed by atoms with Crippen molar-refractivity contribution in [2.75, 3.05) is 27.0 Å². The summed E-state index contributed by atoms with van der Waals surface area (Å²) in [4.78, 5) is 77.0. The van der Waals surface area contributed by atoms with Gasteiger partial charge in [0.15, 0.2) is 0 Å². The molecule has 0 unspecified atom stereocenters. The molecule has 0 fully saturated rings. The third-order valence-electron chi connectivity index (χ3n) is 11.5. The van der Waals surface area contributed by atoms with Gasteiger partial charge in [0.1, 0.15) is 36.0 Å². The van der Waals surface area contributed by atoms with Crippen molar-refractivity contribution in [1.29, 1.82) is 0 Å². The molecule has 0 saturated heterocycles. The van der Waals surface area contributed by atoms with Crippen molar-refractivity contribution >= 4 is 46.4 Å². The van der Waals surface area contributed by atoms with E-state index in [1.165, 1.54) is 23.9 Å². The number of fused-ring (bicyclic) bond motifs is 1. The van der Waals surface area contributed by atoms with Crippen molar-refractivity contribution in [3.8, 4) is 5.75 Å². The van der Waals surface area contributed by atoms with Gasteiger partial charge in [0.2, 0.25) is 23.6 Å². The van der Waals surface area contributed by atoms with Gasteiger partial charge in [0.05, 0.1) is 24.3 Å². The van der Waals surface area contributed by atoms with Crippen LogP contribution in [0, 0.1) is 23.2 Å². The summed E-state index contributed by atoms with van der Waals surface area (Å²) in [6.07, 6.45) is 2.21. The van der Waals surface area contributed by atoms with Gasteiger partial charge in [-0.1, -0.05) is 73.1 Å². The fourth-order valence-electron chi connectivity index (χ4n) is 6.77. The second-order valence-electron chi connectivity index (χ2n) is 17.1. The Morgan fingerprint density at radius 3 is 2.16 bits per heavy atom. The number of amides is 4. The second-order valence-corrected chi connectivity index (χ2v) is 18.2. The lowest BCUT2D eigenvalue weighted by Gasteiger charge is -2.36. The van der Waals surface area contributed by atoms with E-state index in [1.54, 1.807) is 57.9 Å². The third-order valence-corrected chi connectivity index (χ3v) is 12.8. The smallest absolute Gasteiger partial charge is 0.328 e. The van der Waals surface area contributed by atoms with Crippen LogP contribution in [0.5, 0.6) is 5.75 Å². The molecule has 0 spiro atoms.